The summed E-state index contributed by atoms with van der Waals surface area (Å²) in [6.45, 7) is 1.76. The molecule has 0 unspecified atom stereocenters. The quantitative estimate of drug-likeness (QED) is 0.835. The van der Waals surface area contributed by atoms with Crippen LogP contribution in [-0.2, 0) is 0 Å². The van der Waals surface area contributed by atoms with Crippen LogP contribution in [0.1, 0.15) is 0 Å². The van der Waals surface area contributed by atoms with E-state index in [2.05, 4.69) is 20.5 Å². The largest absolute Gasteiger partial charge is 0.361 e. The Balaban J connectivity index is 2.03. The molecule has 4 nitrogen and oxygen atoms in total. The van der Waals surface area contributed by atoms with Crippen molar-refractivity contribution >= 4 is 33.9 Å². The standard InChI is InChI=1S/C14H18N4S/c1-18(2)10-9-16-14(19)17-12-7-3-5-11-6-4-8-15-13(11)12/h3-8H,9-10H2,1-2H3,(H2,16,17,19). The van der Waals surface area contributed by atoms with Crippen LogP contribution >= 0.6 is 12.2 Å². The number of anilines is 1. The molecule has 0 atom stereocenters. The van der Waals surface area contributed by atoms with Gasteiger partial charge in [-0.1, -0.05) is 18.2 Å². The van der Waals surface area contributed by atoms with E-state index in [-0.39, 0.29) is 0 Å². The summed E-state index contributed by atoms with van der Waals surface area (Å²) < 4.78 is 0. The third-order valence-electron chi connectivity index (χ3n) is 2.73. The maximum Gasteiger partial charge on any atom is 0.170 e. The van der Waals surface area contributed by atoms with Crippen LogP contribution < -0.4 is 10.6 Å². The molecular formula is C14H18N4S. The number of hydrogen-bond acceptors (Lipinski definition) is 3. The Morgan fingerprint density at radius 1 is 1.26 bits per heavy atom. The average molecular weight is 274 g/mol. The normalized spacial score (nSPS) is 10.7. The van der Waals surface area contributed by atoms with E-state index < -0.39 is 0 Å². The lowest BCUT2D eigenvalue weighted by molar-refractivity contribution is 0.413. The van der Waals surface area contributed by atoms with E-state index in [1.165, 1.54) is 0 Å². The minimum atomic E-state index is 0.625. The van der Waals surface area contributed by atoms with E-state index in [0.29, 0.717) is 5.11 Å². The van der Waals surface area contributed by atoms with E-state index in [1.807, 2.05) is 44.4 Å². The van der Waals surface area contributed by atoms with Gasteiger partial charge in [-0.2, -0.15) is 0 Å². The van der Waals surface area contributed by atoms with Crippen LogP contribution in [0.4, 0.5) is 5.69 Å². The van der Waals surface area contributed by atoms with Crippen molar-refractivity contribution in [1.82, 2.24) is 15.2 Å². The van der Waals surface area contributed by atoms with Crippen molar-refractivity contribution in [2.45, 2.75) is 0 Å². The third-order valence-corrected chi connectivity index (χ3v) is 2.97. The number of nitrogens with one attached hydrogen (secondary N) is 2. The predicted molar refractivity (Wildman–Crippen MR) is 84.5 cm³/mol. The summed E-state index contributed by atoms with van der Waals surface area (Å²) in [4.78, 5) is 6.49. The van der Waals surface area contributed by atoms with E-state index in [4.69, 9.17) is 12.2 Å². The molecule has 0 saturated heterocycles. The number of rotatable bonds is 4. The first-order chi connectivity index (χ1) is 9.16. The van der Waals surface area contributed by atoms with Crippen LogP contribution in [0.25, 0.3) is 10.9 Å². The first-order valence-corrected chi connectivity index (χ1v) is 6.61. The molecule has 1 heterocycles. The summed E-state index contributed by atoms with van der Waals surface area (Å²) >= 11 is 5.28. The molecule has 0 amide bonds. The van der Waals surface area contributed by atoms with Gasteiger partial charge < -0.3 is 15.5 Å². The molecule has 1 aromatic carbocycles. The van der Waals surface area contributed by atoms with Gasteiger partial charge in [0, 0.05) is 24.7 Å². The van der Waals surface area contributed by atoms with Crippen LogP contribution in [0.3, 0.4) is 0 Å². The molecule has 0 fully saturated rings. The van der Waals surface area contributed by atoms with Crippen LogP contribution in [0.5, 0.6) is 0 Å². The van der Waals surface area contributed by atoms with Crippen molar-refractivity contribution in [2.24, 2.45) is 0 Å². The second kappa shape index (κ2) is 6.45. The summed E-state index contributed by atoms with van der Waals surface area (Å²) in [5.41, 5.74) is 1.86. The van der Waals surface area contributed by atoms with E-state index in [1.54, 1.807) is 6.20 Å². The number of aromatic nitrogens is 1. The molecule has 0 spiro atoms. The Kier molecular flexibility index (Phi) is 4.65. The predicted octanol–water partition coefficient (Wildman–Crippen LogP) is 2.08. The number of thiocarbonyl (C=S) groups is 1. The Bertz CT molecular complexity index is 563. The first kappa shape index (κ1) is 13.7. The molecule has 0 bridgehead atoms. The van der Waals surface area contributed by atoms with Gasteiger partial charge in [-0.05, 0) is 38.4 Å². The fraction of sp³-hybridized carbons (Fsp3) is 0.286. The summed E-state index contributed by atoms with van der Waals surface area (Å²) in [6, 6.07) is 9.98. The van der Waals surface area contributed by atoms with Gasteiger partial charge in [0.05, 0.1) is 11.2 Å². The maximum atomic E-state index is 5.28. The van der Waals surface area contributed by atoms with Crippen molar-refractivity contribution < 1.29 is 0 Å². The zero-order valence-electron chi connectivity index (χ0n) is 11.2. The highest BCUT2D eigenvalue weighted by atomic mass is 32.1. The Morgan fingerprint density at radius 3 is 2.84 bits per heavy atom. The van der Waals surface area contributed by atoms with E-state index in [0.717, 1.165) is 29.7 Å². The lowest BCUT2D eigenvalue weighted by Gasteiger charge is -2.14. The minimum Gasteiger partial charge on any atom is -0.361 e. The number of likely N-dealkylation sites (N-methyl/N-ethyl adjacent to an activating group) is 1. The fourth-order valence-corrected chi connectivity index (χ4v) is 1.98. The van der Waals surface area contributed by atoms with Crippen LogP contribution in [0, 0.1) is 0 Å². The van der Waals surface area contributed by atoms with Gasteiger partial charge in [0.2, 0.25) is 0 Å². The lowest BCUT2D eigenvalue weighted by Crippen LogP contribution is -2.34. The maximum absolute atomic E-state index is 5.28. The van der Waals surface area contributed by atoms with Gasteiger partial charge in [0.1, 0.15) is 0 Å². The molecule has 0 aliphatic heterocycles. The number of para-hydroxylation sites is 1. The first-order valence-electron chi connectivity index (χ1n) is 6.20. The smallest absolute Gasteiger partial charge is 0.170 e. The minimum absolute atomic E-state index is 0.625. The van der Waals surface area contributed by atoms with Gasteiger partial charge in [-0.25, -0.2) is 0 Å². The van der Waals surface area contributed by atoms with Crippen molar-refractivity contribution in [3.8, 4) is 0 Å². The monoisotopic (exact) mass is 274 g/mol. The van der Waals surface area contributed by atoms with Crippen molar-refractivity contribution in [1.29, 1.82) is 0 Å². The van der Waals surface area contributed by atoms with Crippen molar-refractivity contribution in [2.75, 3.05) is 32.5 Å². The Hall–Kier alpha value is -1.72. The second-order valence-corrected chi connectivity index (χ2v) is 4.97. The molecule has 5 heteroatoms. The number of nitrogens with zero attached hydrogens (tertiary/aromatic N) is 2. The van der Waals surface area contributed by atoms with Gasteiger partial charge in [-0.15, -0.1) is 0 Å². The van der Waals surface area contributed by atoms with Crippen LogP contribution in [-0.4, -0.2) is 42.2 Å². The second-order valence-electron chi connectivity index (χ2n) is 4.56. The van der Waals surface area contributed by atoms with Crippen molar-refractivity contribution in [3.63, 3.8) is 0 Å². The topological polar surface area (TPSA) is 40.2 Å². The molecule has 0 aliphatic carbocycles. The molecule has 0 radical (unpaired) electrons. The summed E-state index contributed by atoms with van der Waals surface area (Å²) in [5.74, 6) is 0. The lowest BCUT2D eigenvalue weighted by atomic mass is 10.2. The fourth-order valence-electron chi connectivity index (χ4n) is 1.76. The zero-order chi connectivity index (χ0) is 13.7. The number of benzene rings is 1. The van der Waals surface area contributed by atoms with Gasteiger partial charge in [-0.3, -0.25) is 4.98 Å². The number of hydrogen-bond donors (Lipinski definition) is 2. The number of fused-ring (bicyclic) bond motifs is 1. The van der Waals surface area contributed by atoms with Crippen molar-refractivity contribution in [3.05, 3.63) is 36.5 Å². The van der Waals surface area contributed by atoms with Crippen LogP contribution in [0.2, 0.25) is 0 Å². The van der Waals surface area contributed by atoms with Crippen LogP contribution in [0.15, 0.2) is 36.5 Å². The highest BCUT2D eigenvalue weighted by molar-refractivity contribution is 7.80. The highest BCUT2D eigenvalue weighted by Gasteiger charge is 2.03. The molecule has 19 heavy (non-hydrogen) atoms. The van der Waals surface area contributed by atoms with E-state index in [9.17, 15) is 0 Å². The molecule has 100 valence electrons. The van der Waals surface area contributed by atoms with Gasteiger partial charge in [0.25, 0.3) is 0 Å². The molecule has 0 aliphatic rings. The Labute approximate surface area is 118 Å². The SMILES string of the molecule is CN(C)CCNC(=S)Nc1cccc2cccnc12. The Morgan fingerprint density at radius 2 is 2.05 bits per heavy atom. The summed E-state index contributed by atoms with van der Waals surface area (Å²) in [7, 11) is 4.07. The molecular weight excluding hydrogens is 256 g/mol. The molecule has 2 N–H and O–H groups in total. The third kappa shape index (κ3) is 3.87. The molecule has 2 aromatic rings. The summed E-state index contributed by atoms with van der Waals surface area (Å²) in [5, 5.41) is 8.10. The molecule has 0 saturated carbocycles. The molecule has 1 aromatic heterocycles. The summed E-state index contributed by atoms with van der Waals surface area (Å²) in [6.07, 6.45) is 1.79. The highest BCUT2D eigenvalue weighted by Crippen LogP contribution is 2.20. The number of pyridine rings is 1. The average Bonchev–Trinajstić information content (AvgIpc) is 2.39. The zero-order valence-corrected chi connectivity index (χ0v) is 12.0. The van der Waals surface area contributed by atoms with Gasteiger partial charge >= 0.3 is 0 Å². The molecule has 2 rings (SSSR count). The van der Waals surface area contributed by atoms with E-state index >= 15 is 0 Å². The van der Waals surface area contributed by atoms with Gasteiger partial charge in [0.15, 0.2) is 5.11 Å².